The average molecular weight is 340 g/mol. The lowest BCUT2D eigenvalue weighted by atomic mass is 10.3. The summed E-state index contributed by atoms with van der Waals surface area (Å²) in [5.74, 6) is -0.150. The van der Waals surface area contributed by atoms with Gasteiger partial charge in [0, 0.05) is 27.8 Å². The number of thiophene rings is 1. The zero-order valence-corrected chi connectivity index (χ0v) is 12.8. The minimum Gasteiger partial charge on any atom is -0.380 e. The molecule has 0 unspecified atom stereocenters. The molecule has 4 nitrogen and oxygen atoms in total. The minimum atomic E-state index is -0.150. The molecule has 0 bridgehead atoms. The van der Waals surface area contributed by atoms with Crippen LogP contribution in [0.5, 0.6) is 0 Å². The number of anilines is 1. The quantitative estimate of drug-likeness (QED) is 0.878. The van der Waals surface area contributed by atoms with E-state index in [4.69, 9.17) is 0 Å². The molecule has 0 aliphatic carbocycles. The summed E-state index contributed by atoms with van der Waals surface area (Å²) in [6.07, 6.45) is 1.64. The SMILES string of the molecule is CCNC(=O)c1cc(NCc2sccc2Br)ccn1. The van der Waals surface area contributed by atoms with Crippen molar-refractivity contribution in [1.29, 1.82) is 0 Å². The number of hydrogen-bond donors (Lipinski definition) is 2. The van der Waals surface area contributed by atoms with E-state index in [1.807, 2.05) is 24.4 Å². The van der Waals surface area contributed by atoms with Crippen molar-refractivity contribution in [3.63, 3.8) is 0 Å². The highest BCUT2D eigenvalue weighted by atomic mass is 79.9. The summed E-state index contributed by atoms with van der Waals surface area (Å²) in [6.45, 7) is 3.20. The molecule has 0 atom stereocenters. The number of halogens is 1. The highest BCUT2D eigenvalue weighted by Gasteiger charge is 2.07. The van der Waals surface area contributed by atoms with E-state index in [0.717, 1.165) is 16.7 Å². The third-order valence-electron chi connectivity index (χ3n) is 2.47. The summed E-state index contributed by atoms with van der Waals surface area (Å²) in [4.78, 5) is 17.0. The minimum absolute atomic E-state index is 0.150. The maximum absolute atomic E-state index is 11.7. The molecule has 19 heavy (non-hydrogen) atoms. The van der Waals surface area contributed by atoms with Crippen molar-refractivity contribution >= 4 is 38.9 Å². The molecular weight excluding hydrogens is 326 g/mol. The number of aromatic nitrogens is 1. The van der Waals surface area contributed by atoms with Gasteiger partial charge in [-0.15, -0.1) is 11.3 Å². The van der Waals surface area contributed by atoms with Crippen LogP contribution in [0.4, 0.5) is 5.69 Å². The Kier molecular flexibility index (Phi) is 4.93. The smallest absolute Gasteiger partial charge is 0.269 e. The Morgan fingerprint density at radius 3 is 3.00 bits per heavy atom. The molecule has 0 spiro atoms. The topological polar surface area (TPSA) is 54.0 Å². The van der Waals surface area contributed by atoms with Crippen molar-refractivity contribution in [2.24, 2.45) is 0 Å². The predicted molar refractivity (Wildman–Crippen MR) is 81.6 cm³/mol. The van der Waals surface area contributed by atoms with Gasteiger partial charge < -0.3 is 10.6 Å². The van der Waals surface area contributed by atoms with Crippen LogP contribution in [0.1, 0.15) is 22.3 Å². The van der Waals surface area contributed by atoms with E-state index < -0.39 is 0 Å². The summed E-state index contributed by atoms with van der Waals surface area (Å²) < 4.78 is 1.10. The third kappa shape index (κ3) is 3.78. The first kappa shape index (κ1) is 14.0. The molecule has 2 rings (SSSR count). The molecule has 0 fully saturated rings. The van der Waals surface area contributed by atoms with Crippen molar-refractivity contribution in [1.82, 2.24) is 10.3 Å². The Morgan fingerprint density at radius 2 is 2.32 bits per heavy atom. The first-order valence-corrected chi connectivity index (χ1v) is 7.58. The molecular formula is C13H14BrN3OS. The van der Waals surface area contributed by atoms with E-state index in [2.05, 4.69) is 31.5 Å². The molecule has 2 aromatic rings. The monoisotopic (exact) mass is 339 g/mol. The van der Waals surface area contributed by atoms with Crippen molar-refractivity contribution < 1.29 is 4.79 Å². The molecule has 6 heteroatoms. The summed E-state index contributed by atoms with van der Waals surface area (Å²) in [7, 11) is 0. The number of rotatable bonds is 5. The molecule has 2 N–H and O–H groups in total. The summed E-state index contributed by atoms with van der Waals surface area (Å²) in [6, 6.07) is 5.63. The van der Waals surface area contributed by atoms with E-state index in [1.54, 1.807) is 23.6 Å². The number of carbonyl (C=O) groups is 1. The molecule has 100 valence electrons. The highest BCUT2D eigenvalue weighted by Crippen LogP contribution is 2.23. The second kappa shape index (κ2) is 6.68. The lowest BCUT2D eigenvalue weighted by molar-refractivity contribution is 0.0951. The Balaban J connectivity index is 2.03. The van der Waals surface area contributed by atoms with Crippen LogP contribution in [0.2, 0.25) is 0 Å². The fourth-order valence-electron chi connectivity index (χ4n) is 1.55. The van der Waals surface area contributed by atoms with Crippen LogP contribution in [0, 0.1) is 0 Å². The summed E-state index contributed by atoms with van der Waals surface area (Å²) >= 11 is 5.18. The summed E-state index contributed by atoms with van der Waals surface area (Å²) in [5, 5.41) is 8.05. The van der Waals surface area contributed by atoms with Gasteiger partial charge in [0.15, 0.2) is 0 Å². The normalized spacial score (nSPS) is 10.2. The second-order valence-corrected chi connectivity index (χ2v) is 5.69. The molecule has 0 saturated carbocycles. The molecule has 0 radical (unpaired) electrons. The van der Waals surface area contributed by atoms with Gasteiger partial charge >= 0.3 is 0 Å². The number of carbonyl (C=O) groups excluding carboxylic acids is 1. The van der Waals surface area contributed by atoms with Crippen LogP contribution in [0.25, 0.3) is 0 Å². The van der Waals surface area contributed by atoms with Gasteiger partial charge in [-0.05, 0) is 46.4 Å². The average Bonchev–Trinajstić information content (AvgIpc) is 2.82. The zero-order chi connectivity index (χ0) is 13.7. The highest BCUT2D eigenvalue weighted by molar-refractivity contribution is 9.10. The Labute approximate surface area is 124 Å². The number of nitrogens with one attached hydrogen (secondary N) is 2. The fraction of sp³-hybridized carbons (Fsp3) is 0.231. The lowest BCUT2D eigenvalue weighted by Gasteiger charge is -2.07. The van der Waals surface area contributed by atoms with E-state index in [-0.39, 0.29) is 5.91 Å². The number of pyridine rings is 1. The van der Waals surface area contributed by atoms with Gasteiger partial charge in [-0.1, -0.05) is 0 Å². The van der Waals surface area contributed by atoms with Gasteiger partial charge in [-0.25, -0.2) is 0 Å². The lowest BCUT2D eigenvalue weighted by Crippen LogP contribution is -2.23. The first-order valence-electron chi connectivity index (χ1n) is 5.90. The van der Waals surface area contributed by atoms with Crippen LogP contribution in [0.15, 0.2) is 34.2 Å². The Hall–Kier alpha value is -1.40. The molecule has 2 heterocycles. The van der Waals surface area contributed by atoms with Crippen LogP contribution in [-0.4, -0.2) is 17.4 Å². The van der Waals surface area contributed by atoms with Crippen LogP contribution in [-0.2, 0) is 6.54 Å². The fourth-order valence-corrected chi connectivity index (χ4v) is 2.98. The molecule has 0 saturated heterocycles. The molecule has 0 aromatic carbocycles. The number of nitrogens with zero attached hydrogens (tertiary/aromatic N) is 1. The maximum atomic E-state index is 11.7. The van der Waals surface area contributed by atoms with Crippen molar-refractivity contribution in [3.8, 4) is 0 Å². The molecule has 1 amide bonds. The summed E-state index contributed by atoms with van der Waals surface area (Å²) in [5.41, 5.74) is 1.31. The van der Waals surface area contributed by atoms with Gasteiger partial charge in [0.05, 0.1) is 6.54 Å². The van der Waals surface area contributed by atoms with E-state index >= 15 is 0 Å². The van der Waals surface area contributed by atoms with E-state index in [0.29, 0.717) is 12.2 Å². The third-order valence-corrected chi connectivity index (χ3v) is 4.40. The molecule has 2 aromatic heterocycles. The molecule has 0 aliphatic heterocycles. The second-order valence-electron chi connectivity index (χ2n) is 3.83. The maximum Gasteiger partial charge on any atom is 0.269 e. The van der Waals surface area contributed by atoms with Gasteiger partial charge in [0.1, 0.15) is 5.69 Å². The van der Waals surface area contributed by atoms with Crippen molar-refractivity contribution in [2.75, 3.05) is 11.9 Å². The predicted octanol–water partition coefficient (Wildman–Crippen LogP) is 3.27. The van der Waals surface area contributed by atoms with Crippen molar-refractivity contribution in [3.05, 3.63) is 44.8 Å². The van der Waals surface area contributed by atoms with Crippen LogP contribution >= 0.6 is 27.3 Å². The Bertz CT molecular complexity index is 571. The largest absolute Gasteiger partial charge is 0.380 e. The number of hydrogen-bond acceptors (Lipinski definition) is 4. The number of amides is 1. The zero-order valence-electron chi connectivity index (χ0n) is 10.4. The van der Waals surface area contributed by atoms with Gasteiger partial charge in [0.2, 0.25) is 0 Å². The van der Waals surface area contributed by atoms with Crippen LogP contribution < -0.4 is 10.6 Å². The van der Waals surface area contributed by atoms with E-state index in [9.17, 15) is 4.79 Å². The van der Waals surface area contributed by atoms with Gasteiger partial charge in [-0.2, -0.15) is 0 Å². The molecule has 0 aliphatic rings. The van der Waals surface area contributed by atoms with Gasteiger partial charge in [0.25, 0.3) is 5.91 Å². The standard InChI is InChI=1S/C13H14BrN3OS/c1-2-15-13(18)11-7-9(3-5-16-11)17-8-12-10(14)4-6-19-12/h3-7H,2,8H2,1H3,(H,15,18)(H,16,17). The van der Waals surface area contributed by atoms with Crippen LogP contribution in [0.3, 0.4) is 0 Å². The van der Waals surface area contributed by atoms with Crippen molar-refractivity contribution in [2.45, 2.75) is 13.5 Å². The Morgan fingerprint density at radius 1 is 1.47 bits per heavy atom. The van der Waals surface area contributed by atoms with E-state index in [1.165, 1.54) is 4.88 Å². The van der Waals surface area contributed by atoms with Gasteiger partial charge in [-0.3, -0.25) is 9.78 Å². The first-order chi connectivity index (χ1) is 9.20.